The van der Waals surface area contributed by atoms with Crippen LogP contribution >= 0.6 is 23.2 Å². The third-order valence-corrected chi connectivity index (χ3v) is 6.23. The van der Waals surface area contributed by atoms with Crippen molar-refractivity contribution >= 4 is 50.6 Å². The molecule has 162 valence electrons. The Labute approximate surface area is 181 Å². The van der Waals surface area contributed by atoms with Crippen LogP contribution < -0.4 is 4.90 Å². The molecule has 1 amide bonds. The molecule has 7 nitrogen and oxygen atoms in total. The van der Waals surface area contributed by atoms with E-state index in [2.05, 4.69) is 9.72 Å². The van der Waals surface area contributed by atoms with Crippen molar-refractivity contribution in [2.24, 2.45) is 0 Å². The standard InChI is InChI=1S/C18H16Cl2F2N2O5S/c1-24(17(25)16(21)22)14-11(19)7-6-9(12(14)20)15(30(3,27)28)10-5-4-8-23-13(10)18(26)29-2/h4-8,15-16H,1-3H3. The number of hydrogen-bond acceptors (Lipinski definition) is 6. The van der Waals surface area contributed by atoms with Crippen molar-refractivity contribution < 1.29 is 31.5 Å². The van der Waals surface area contributed by atoms with E-state index in [-0.39, 0.29) is 32.6 Å². The Morgan fingerprint density at radius 2 is 1.80 bits per heavy atom. The Hall–Kier alpha value is -2.30. The van der Waals surface area contributed by atoms with Gasteiger partial charge in [-0.2, -0.15) is 8.78 Å². The molecular formula is C18H16Cl2F2N2O5S. The molecule has 30 heavy (non-hydrogen) atoms. The molecular weight excluding hydrogens is 465 g/mol. The van der Waals surface area contributed by atoms with Gasteiger partial charge in [0.2, 0.25) is 0 Å². The van der Waals surface area contributed by atoms with Gasteiger partial charge in [-0.05, 0) is 17.7 Å². The smallest absolute Gasteiger partial charge is 0.356 e. The molecule has 0 radical (unpaired) electrons. The number of hydrogen-bond donors (Lipinski definition) is 0. The first-order valence-electron chi connectivity index (χ1n) is 8.17. The summed E-state index contributed by atoms with van der Waals surface area (Å²) in [5, 5.41) is -2.00. The van der Waals surface area contributed by atoms with Crippen LogP contribution in [0.25, 0.3) is 0 Å². The maximum absolute atomic E-state index is 12.9. The summed E-state index contributed by atoms with van der Waals surface area (Å²) in [5.74, 6) is -2.46. The minimum atomic E-state index is -3.98. The summed E-state index contributed by atoms with van der Waals surface area (Å²) in [6.45, 7) is 0. The van der Waals surface area contributed by atoms with Crippen LogP contribution in [-0.4, -0.2) is 52.1 Å². The van der Waals surface area contributed by atoms with Crippen molar-refractivity contribution in [3.05, 3.63) is 57.3 Å². The number of halogens is 4. The minimum absolute atomic E-state index is 0.0372. The van der Waals surface area contributed by atoms with Crippen LogP contribution in [0.2, 0.25) is 10.0 Å². The number of pyridine rings is 1. The number of esters is 1. The number of anilines is 1. The van der Waals surface area contributed by atoms with Crippen molar-refractivity contribution in [2.45, 2.75) is 11.7 Å². The third-order valence-electron chi connectivity index (χ3n) is 4.16. The molecule has 0 fully saturated rings. The Kier molecular flexibility index (Phi) is 7.38. The lowest BCUT2D eigenvalue weighted by Gasteiger charge is -2.24. The molecule has 0 aliphatic carbocycles. The Morgan fingerprint density at radius 3 is 2.33 bits per heavy atom. The van der Waals surface area contributed by atoms with E-state index in [1.165, 1.54) is 30.5 Å². The maximum Gasteiger partial charge on any atom is 0.356 e. The molecule has 1 aromatic heterocycles. The van der Waals surface area contributed by atoms with Gasteiger partial charge in [0.05, 0.1) is 22.8 Å². The van der Waals surface area contributed by atoms with E-state index in [0.29, 0.717) is 4.90 Å². The first-order valence-corrected chi connectivity index (χ1v) is 10.9. The summed E-state index contributed by atoms with van der Waals surface area (Å²) in [4.78, 5) is 28.3. The Morgan fingerprint density at radius 1 is 1.17 bits per heavy atom. The molecule has 2 aromatic rings. The summed E-state index contributed by atoms with van der Waals surface area (Å²) < 4.78 is 55.8. The number of carbonyl (C=O) groups is 2. The highest BCUT2D eigenvalue weighted by Gasteiger charge is 2.34. The monoisotopic (exact) mass is 480 g/mol. The first-order chi connectivity index (χ1) is 13.9. The van der Waals surface area contributed by atoms with Gasteiger partial charge < -0.3 is 9.64 Å². The van der Waals surface area contributed by atoms with E-state index in [1.807, 2.05) is 0 Å². The van der Waals surface area contributed by atoms with E-state index in [4.69, 9.17) is 23.2 Å². The van der Waals surface area contributed by atoms with Crippen LogP contribution in [0.5, 0.6) is 0 Å². The summed E-state index contributed by atoms with van der Waals surface area (Å²) in [5.41, 5.74) is -0.672. The molecule has 0 saturated heterocycles. The molecule has 1 aromatic carbocycles. The molecule has 0 N–H and O–H groups in total. The summed E-state index contributed by atoms with van der Waals surface area (Å²) in [6, 6.07) is 5.26. The van der Waals surface area contributed by atoms with Gasteiger partial charge in [0.15, 0.2) is 15.5 Å². The molecule has 0 aliphatic heterocycles. The van der Waals surface area contributed by atoms with Crippen molar-refractivity contribution in [2.75, 3.05) is 25.3 Å². The number of amides is 1. The van der Waals surface area contributed by atoms with Gasteiger partial charge in [0.1, 0.15) is 5.25 Å². The third kappa shape index (κ3) is 4.71. The van der Waals surface area contributed by atoms with Gasteiger partial charge in [0, 0.05) is 25.1 Å². The summed E-state index contributed by atoms with van der Waals surface area (Å²) >= 11 is 12.4. The van der Waals surface area contributed by atoms with Gasteiger partial charge in [-0.25, -0.2) is 18.2 Å². The van der Waals surface area contributed by atoms with Crippen LogP contribution in [0.1, 0.15) is 26.9 Å². The number of ether oxygens (including phenoxy) is 1. The average molecular weight is 481 g/mol. The quantitative estimate of drug-likeness (QED) is 0.586. The van der Waals surface area contributed by atoms with E-state index in [0.717, 1.165) is 20.4 Å². The van der Waals surface area contributed by atoms with Gasteiger partial charge in [-0.1, -0.05) is 35.3 Å². The summed E-state index contributed by atoms with van der Waals surface area (Å²) in [7, 11) is -1.84. The number of nitrogens with zero attached hydrogens (tertiary/aromatic N) is 2. The van der Waals surface area contributed by atoms with Crippen LogP contribution in [-0.2, 0) is 19.4 Å². The van der Waals surface area contributed by atoms with Gasteiger partial charge in [0.25, 0.3) is 5.91 Å². The van der Waals surface area contributed by atoms with Gasteiger partial charge in [-0.3, -0.25) is 4.79 Å². The number of rotatable bonds is 6. The van der Waals surface area contributed by atoms with E-state index in [9.17, 15) is 26.8 Å². The molecule has 0 saturated carbocycles. The zero-order valence-corrected chi connectivity index (χ0v) is 18.2. The van der Waals surface area contributed by atoms with Crippen molar-refractivity contribution in [3.63, 3.8) is 0 Å². The topological polar surface area (TPSA) is 93.6 Å². The number of alkyl halides is 2. The number of methoxy groups -OCH3 is 1. The van der Waals surface area contributed by atoms with Crippen LogP contribution in [0.4, 0.5) is 14.5 Å². The molecule has 0 spiro atoms. The normalized spacial score (nSPS) is 12.5. The Bertz CT molecular complexity index is 1100. The second-order valence-electron chi connectivity index (χ2n) is 6.14. The number of sulfone groups is 1. The van der Waals surface area contributed by atoms with E-state index >= 15 is 0 Å². The van der Waals surface area contributed by atoms with Crippen molar-refractivity contribution in [3.8, 4) is 0 Å². The highest BCUT2D eigenvalue weighted by molar-refractivity contribution is 7.91. The number of benzene rings is 1. The zero-order valence-electron chi connectivity index (χ0n) is 15.9. The van der Waals surface area contributed by atoms with Crippen LogP contribution in [0.15, 0.2) is 30.5 Å². The lowest BCUT2D eigenvalue weighted by atomic mass is 10.0. The first kappa shape index (κ1) is 24.0. The predicted molar refractivity (Wildman–Crippen MR) is 108 cm³/mol. The van der Waals surface area contributed by atoms with Crippen LogP contribution in [0.3, 0.4) is 0 Å². The molecule has 1 heterocycles. The van der Waals surface area contributed by atoms with Gasteiger partial charge in [-0.15, -0.1) is 0 Å². The van der Waals surface area contributed by atoms with Crippen molar-refractivity contribution in [1.29, 1.82) is 0 Å². The van der Waals surface area contributed by atoms with E-state index in [1.54, 1.807) is 0 Å². The fourth-order valence-corrected chi connectivity index (χ4v) is 4.96. The fourth-order valence-electron chi connectivity index (χ4n) is 2.85. The predicted octanol–water partition coefficient (Wildman–Crippen LogP) is 3.54. The molecule has 1 atom stereocenters. The number of aromatic nitrogens is 1. The fraction of sp³-hybridized carbons (Fsp3) is 0.278. The minimum Gasteiger partial charge on any atom is -0.464 e. The second-order valence-corrected chi connectivity index (χ2v) is 9.06. The zero-order chi connectivity index (χ0) is 22.8. The molecule has 1 unspecified atom stereocenters. The average Bonchev–Trinajstić information content (AvgIpc) is 2.68. The maximum atomic E-state index is 12.9. The molecule has 0 aliphatic rings. The van der Waals surface area contributed by atoms with E-state index < -0.39 is 33.4 Å². The van der Waals surface area contributed by atoms with Crippen LogP contribution in [0, 0.1) is 0 Å². The lowest BCUT2D eigenvalue weighted by molar-refractivity contribution is -0.128. The van der Waals surface area contributed by atoms with Gasteiger partial charge >= 0.3 is 12.4 Å². The number of carbonyl (C=O) groups excluding carboxylic acids is 2. The largest absolute Gasteiger partial charge is 0.464 e. The summed E-state index contributed by atoms with van der Waals surface area (Å²) in [6.07, 6.45) is -1.15. The SMILES string of the molecule is COC(=O)c1ncccc1C(c1ccc(Cl)c(N(C)C(=O)C(F)F)c1Cl)S(C)(=O)=O. The van der Waals surface area contributed by atoms with Crippen molar-refractivity contribution in [1.82, 2.24) is 4.98 Å². The molecule has 12 heteroatoms. The highest BCUT2D eigenvalue weighted by atomic mass is 35.5. The second kappa shape index (κ2) is 9.23. The lowest BCUT2D eigenvalue weighted by Crippen LogP contribution is -2.32. The Balaban J connectivity index is 2.81. The molecule has 0 bridgehead atoms. The molecule has 2 rings (SSSR count). The highest BCUT2D eigenvalue weighted by Crippen LogP contribution is 2.43.